The molecule has 7 nitrogen and oxygen atoms in total. The lowest BCUT2D eigenvalue weighted by molar-refractivity contribution is -0.122. The largest absolute Gasteiger partial charge is 0.494 e. The number of amides is 1. The Labute approximate surface area is 147 Å². The Balaban J connectivity index is 1.39. The zero-order valence-corrected chi connectivity index (χ0v) is 14.8. The minimum Gasteiger partial charge on any atom is -0.494 e. The molecule has 1 unspecified atom stereocenters. The third-order valence-electron chi connectivity index (χ3n) is 4.16. The molecule has 7 heteroatoms. The lowest BCUT2D eigenvalue weighted by Crippen LogP contribution is -2.32. The van der Waals surface area contributed by atoms with Crippen LogP contribution in [0.2, 0.25) is 0 Å². The summed E-state index contributed by atoms with van der Waals surface area (Å²) in [6.45, 7) is 5.51. The van der Waals surface area contributed by atoms with Crippen LogP contribution in [0.25, 0.3) is 0 Å². The van der Waals surface area contributed by atoms with Crippen molar-refractivity contribution in [3.05, 3.63) is 35.7 Å². The molecule has 1 atom stereocenters. The number of carbonyl (C=O) groups is 1. The van der Waals surface area contributed by atoms with Gasteiger partial charge in [-0.05, 0) is 55.0 Å². The molecule has 0 saturated heterocycles. The van der Waals surface area contributed by atoms with Crippen LogP contribution in [0.5, 0.6) is 5.75 Å². The zero-order chi connectivity index (χ0) is 17.6. The number of hydrogen-bond donors (Lipinski definition) is 1. The van der Waals surface area contributed by atoms with Gasteiger partial charge in [-0.25, -0.2) is 0 Å². The summed E-state index contributed by atoms with van der Waals surface area (Å²) in [5.41, 5.74) is 1.23. The van der Waals surface area contributed by atoms with E-state index < -0.39 is 0 Å². The smallest absolute Gasteiger partial charge is 0.243 e. The number of benzene rings is 1. The van der Waals surface area contributed by atoms with Gasteiger partial charge in [-0.3, -0.25) is 4.79 Å². The van der Waals surface area contributed by atoms with Gasteiger partial charge in [-0.15, -0.1) is 10.2 Å². The predicted molar refractivity (Wildman–Crippen MR) is 93.3 cm³/mol. The number of ether oxygens (including phenoxy) is 1. The van der Waals surface area contributed by atoms with Crippen LogP contribution >= 0.6 is 0 Å². The maximum absolute atomic E-state index is 12.0. The van der Waals surface area contributed by atoms with Crippen molar-refractivity contribution >= 4 is 5.91 Å². The summed E-state index contributed by atoms with van der Waals surface area (Å²) in [4.78, 5) is 13.4. The zero-order valence-electron chi connectivity index (χ0n) is 14.8. The molecule has 1 fully saturated rings. The van der Waals surface area contributed by atoms with E-state index in [0.29, 0.717) is 25.0 Å². The van der Waals surface area contributed by atoms with Crippen LogP contribution in [0.15, 0.2) is 24.3 Å². The molecule has 1 aliphatic rings. The molecule has 1 N–H and O–H groups in total. The van der Waals surface area contributed by atoms with E-state index in [1.807, 2.05) is 19.1 Å². The maximum atomic E-state index is 12.0. The van der Waals surface area contributed by atoms with E-state index >= 15 is 0 Å². The fourth-order valence-corrected chi connectivity index (χ4v) is 2.66. The van der Waals surface area contributed by atoms with E-state index in [1.165, 1.54) is 10.4 Å². The second kappa shape index (κ2) is 8.09. The van der Waals surface area contributed by atoms with E-state index in [-0.39, 0.29) is 12.5 Å². The number of aromatic nitrogens is 4. The summed E-state index contributed by atoms with van der Waals surface area (Å²) in [5, 5.41) is 15.1. The summed E-state index contributed by atoms with van der Waals surface area (Å²) < 4.78 is 5.45. The number of hydrogen-bond acceptors (Lipinski definition) is 5. The summed E-state index contributed by atoms with van der Waals surface area (Å²) >= 11 is 0. The molecule has 1 amide bonds. The Morgan fingerprint density at radius 3 is 2.80 bits per heavy atom. The average Bonchev–Trinajstić information content (AvgIpc) is 3.35. The van der Waals surface area contributed by atoms with Crippen molar-refractivity contribution in [1.82, 2.24) is 25.5 Å². The van der Waals surface area contributed by atoms with Crippen molar-refractivity contribution in [2.75, 3.05) is 13.2 Å². The van der Waals surface area contributed by atoms with Crippen molar-refractivity contribution in [2.45, 2.75) is 45.6 Å². The quantitative estimate of drug-likeness (QED) is 0.752. The molecule has 134 valence electrons. The Kier molecular flexibility index (Phi) is 5.63. The van der Waals surface area contributed by atoms with Gasteiger partial charge in [0.05, 0.1) is 6.61 Å². The van der Waals surface area contributed by atoms with Crippen molar-refractivity contribution in [3.63, 3.8) is 0 Å². The van der Waals surface area contributed by atoms with E-state index in [4.69, 9.17) is 4.74 Å². The standard InChI is InChI=1S/C18H25N5O2/c1-3-25-16-8-4-14(5-9-16)10-13(2)11-19-17(24)12-23-21-18(20-22-23)15-6-7-15/h4-5,8-9,13,15H,3,6-7,10-12H2,1-2H3,(H,19,24). The van der Waals surface area contributed by atoms with Gasteiger partial charge in [0, 0.05) is 12.5 Å². The van der Waals surface area contributed by atoms with Crippen LogP contribution in [0.1, 0.15) is 44.0 Å². The summed E-state index contributed by atoms with van der Waals surface area (Å²) in [6.07, 6.45) is 3.15. The summed E-state index contributed by atoms with van der Waals surface area (Å²) in [6, 6.07) is 8.11. The fourth-order valence-electron chi connectivity index (χ4n) is 2.66. The minimum absolute atomic E-state index is 0.0849. The Morgan fingerprint density at radius 2 is 2.12 bits per heavy atom. The molecular formula is C18H25N5O2. The van der Waals surface area contributed by atoms with Gasteiger partial charge >= 0.3 is 0 Å². The molecule has 3 rings (SSSR count). The Bertz CT molecular complexity index is 694. The maximum Gasteiger partial charge on any atom is 0.243 e. The molecule has 25 heavy (non-hydrogen) atoms. The molecule has 0 bridgehead atoms. The molecule has 0 spiro atoms. The highest BCUT2D eigenvalue weighted by Crippen LogP contribution is 2.37. The number of nitrogens with zero attached hydrogens (tertiary/aromatic N) is 4. The molecule has 1 aliphatic carbocycles. The summed E-state index contributed by atoms with van der Waals surface area (Å²) in [7, 11) is 0. The van der Waals surface area contributed by atoms with E-state index in [2.05, 4.69) is 39.8 Å². The molecule has 1 heterocycles. The van der Waals surface area contributed by atoms with E-state index in [1.54, 1.807) is 0 Å². The van der Waals surface area contributed by atoms with Crippen molar-refractivity contribution in [3.8, 4) is 5.75 Å². The van der Waals surface area contributed by atoms with E-state index in [0.717, 1.165) is 30.8 Å². The first-order chi connectivity index (χ1) is 12.1. The lowest BCUT2D eigenvalue weighted by Gasteiger charge is -2.13. The second-order valence-corrected chi connectivity index (χ2v) is 6.64. The highest BCUT2D eigenvalue weighted by Gasteiger charge is 2.28. The monoisotopic (exact) mass is 343 g/mol. The molecule has 1 aromatic carbocycles. The minimum atomic E-state index is -0.0849. The van der Waals surface area contributed by atoms with Crippen molar-refractivity contribution < 1.29 is 9.53 Å². The van der Waals surface area contributed by atoms with Gasteiger partial charge in [-0.1, -0.05) is 19.1 Å². The second-order valence-electron chi connectivity index (χ2n) is 6.64. The number of carbonyl (C=O) groups excluding carboxylic acids is 1. The first kappa shape index (κ1) is 17.4. The number of rotatable bonds is 9. The number of nitrogens with one attached hydrogen (secondary N) is 1. The van der Waals surface area contributed by atoms with Gasteiger partial charge in [-0.2, -0.15) is 4.80 Å². The van der Waals surface area contributed by atoms with E-state index in [9.17, 15) is 4.79 Å². The van der Waals surface area contributed by atoms with Crippen molar-refractivity contribution in [2.24, 2.45) is 5.92 Å². The van der Waals surface area contributed by atoms with Gasteiger partial charge in [0.25, 0.3) is 0 Å². The fraction of sp³-hybridized carbons (Fsp3) is 0.556. The highest BCUT2D eigenvalue weighted by molar-refractivity contribution is 5.75. The Hall–Kier alpha value is -2.44. The molecular weight excluding hydrogens is 318 g/mol. The molecule has 0 radical (unpaired) electrons. The van der Waals surface area contributed by atoms with Crippen LogP contribution < -0.4 is 10.1 Å². The molecule has 0 aliphatic heterocycles. The lowest BCUT2D eigenvalue weighted by atomic mass is 10.0. The third-order valence-corrected chi connectivity index (χ3v) is 4.16. The van der Waals surface area contributed by atoms with Crippen LogP contribution in [0, 0.1) is 5.92 Å². The third kappa shape index (κ3) is 5.27. The van der Waals surface area contributed by atoms with Gasteiger partial charge in [0.2, 0.25) is 5.91 Å². The van der Waals surface area contributed by atoms with Crippen LogP contribution in [0.4, 0.5) is 0 Å². The first-order valence-corrected chi connectivity index (χ1v) is 8.90. The van der Waals surface area contributed by atoms with Gasteiger partial charge in [0.1, 0.15) is 12.3 Å². The average molecular weight is 343 g/mol. The van der Waals surface area contributed by atoms with Crippen LogP contribution in [-0.4, -0.2) is 39.3 Å². The molecule has 1 saturated carbocycles. The van der Waals surface area contributed by atoms with Crippen LogP contribution in [-0.2, 0) is 17.8 Å². The molecule has 2 aromatic rings. The SMILES string of the molecule is CCOc1ccc(CC(C)CNC(=O)Cn2nnc(C3CC3)n2)cc1. The van der Waals surface area contributed by atoms with Crippen molar-refractivity contribution in [1.29, 1.82) is 0 Å². The predicted octanol–water partition coefficient (Wildman–Crippen LogP) is 1.94. The Morgan fingerprint density at radius 1 is 1.36 bits per heavy atom. The number of tetrazole rings is 1. The van der Waals surface area contributed by atoms with Gasteiger partial charge < -0.3 is 10.1 Å². The first-order valence-electron chi connectivity index (χ1n) is 8.90. The normalized spacial score (nSPS) is 15.0. The topological polar surface area (TPSA) is 81.9 Å². The van der Waals surface area contributed by atoms with Gasteiger partial charge in [0.15, 0.2) is 5.82 Å². The molecule has 1 aromatic heterocycles. The highest BCUT2D eigenvalue weighted by atomic mass is 16.5. The van der Waals surface area contributed by atoms with Crippen LogP contribution in [0.3, 0.4) is 0 Å². The summed E-state index contributed by atoms with van der Waals surface area (Å²) in [5.74, 6) is 2.35.